The summed E-state index contributed by atoms with van der Waals surface area (Å²) < 4.78 is 1.92. The van der Waals surface area contributed by atoms with E-state index in [2.05, 4.69) is 22.5 Å². The molecule has 19 heavy (non-hydrogen) atoms. The summed E-state index contributed by atoms with van der Waals surface area (Å²) in [5, 5.41) is 6.45. The van der Waals surface area contributed by atoms with E-state index in [0.717, 1.165) is 19.5 Å². The summed E-state index contributed by atoms with van der Waals surface area (Å²) in [4.78, 5) is 15.7. The van der Waals surface area contributed by atoms with Crippen molar-refractivity contribution in [1.82, 2.24) is 20.2 Å². The molecule has 2 heterocycles. The zero-order chi connectivity index (χ0) is 12.1. The number of rotatable bonds is 4. The van der Waals surface area contributed by atoms with Gasteiger partial charge in [0.15, 0.2) is 0 Å². The van der Waals surface area contributed by atoms with Crippen molar-refractivity contribution in [3.63, 3.8) is 0 Å². The Morgan fingerprint density at radius 3 is 2.95 bits per heavy atom. The third-order valence-corrected chi connectivity index (χ3v) is 3.29. The molecule has 2 unspecified atom stereocenters. The molecular formula is C12H22Cl2N4O. The summed E-state index contributed by atoms with van der Waals surface area (Å²) in [6, 6.07) is 0.325. The van der Waals surface area contributed by atoms with Crippen molar-refractivity contribution in [1.29, 1.82) is 0 Å². The molecule has 7 heteroatoms. The summed E-state index contributed by atoms with van der Waals surface area (Å²) in [7, 11) is 0. The van der Waals surface area contributed by atoms with Gasteiger partial charge < -0.3 is 15.2 Å². The summed E-state index contributed by atoms with van der Waals surface area (Å²) in [5.41, 5.74) is 0. The Bertz CT molecular complexity index is 359. The van der Waals surface area contributed by atoms with Crippen LogP contribution in [0, 0.1) is 5.92 Å². The Labute approximate surface area is 126 Å². The first-order chi connectivity index (χ1) is 8.25. The normalized spacial score (nSPS) is 21.9. The van der Waals surface area contributed by atoms with Gasteiger partial charge in [0.1, 0.15) is 0 Å². The number of aromatic nitrogens is 2. The lowest BCUT2D eigenvalue weighted by Gasteiger charge is -2.30. The van der Waals surface area contributed by atoms with Crippen LogP contribution < -0.4 is 10.6 Å². The second-order valence-electron chi connectivity index (χ2n) is 4.69. The maximum Gasteiger partial charge on any atom is 0.222 e. The van der Waals surface area contributed by atoms with Gasteiger partial charge in [0.05, 0.1) is 6.33 Å². The van der Waals surface area contributed by atoms with Gasteiger partial charge in [-0.25, -0.2) is 4.98 Å². The average molecular weight is 309 g/mol. The maximum absolute atomic E-state index is 11.8. The Kier molecular flexibility index (Phi) is 8.80. The van der Waals surface area contributed by atoms with Crippen molar-refractivity contribution in [2.75, 3.05) is 13.1 Å². The largest absolute Gasteiger partial charge is 0.353 e. The number of amides is 1. The molecule has 1 aromatic heterocycles. The second-order valence-corrected chi connectivity index (χ2v) is 4.69. The molecule has 2 N–H and O–H groups in total. The molecule has 2 rings (SSSR count). The van der Waals surface area contributed by atoms with Crippen molar-refractivity contribution in [2.24, 2.45) is 5.92 Å². The number of hydrogen-bond donors (Lipinski definition) is 2. The van der Waals surface area contributed by atoms with Crippen LogP contribution in [0.25, 0.3) is 0 Å². The number of piperidine rings is 1. The number of halogens is 2. The predicted molar refractivity (Wildman–Crippen MR) is 79.9 cm³/mol. The van der Waals surface area contributed by atoms with Gasteiger partial charge >= 0.3 is 0 Å². The first kappa shape index (κ1) is 18.2. The SMILES string of the molecule is CC1CNCCC1NC(=O)CCn1ccnc1.Cl.Cl. The minimum absolute atomic E-state index is 0. The molecule has 0 saturated carbocycles. The van der Waals surface area contributed by atoms with Gasteiger partial charge in [-0.05, 0) is 25.4 Å². The van der Waals surface area contributed by atoms with Crippen LogP contribution in [0.5, 0.6) is 0 Å². The van der Waals surface area contributed by atoms with E-state index in [1.165, 1.54) is 0 Å². The minimum atomic E-state index is 0. The molecular weight excluding hydrogens is 287 g/mol. The third kappa shape index (κ3) is 5.80. The number of aryl methyl sites for hydroxylation is 1. The third-order valence-electron chi connectivity index (χ3n) is 3.29. The highest BCUT2D eigenvalue weighted by atomic mass is 35.5. The molecule has 5 nitrogen and oxygen atoms in total. The van der Waals surface area contributed by atoms with Crippen molar-refractivity contribution in [2.45, 2.75) is 32.4 Å². The van der Waals surface area contributed by atoms with Crippen molar-refractivity contribution < 1.29 is 4.79 Å². The maximum atomic E-state index is 11.8. The lowest BCUT2D eigenvalue weighted by molar-refractivity contribution is -0.122. The topological polar surface area (TPSA) is 58.9 Å². The molecule has 1 saturated heterocycles. The van der Waals surface area contributed by atoms with E-state index < -0.39 is 0 Å². The van der Waals surface area contributed by atoms with Gasteiger partial charge in [0.2, 0.25) is 5.91 Å². The Morgan fingerprint density at radius 2 is 2.32 bits per heavy atom. The van der Waals surface area contributed by atoms with Gasteiger partial charge in [-0.15, -0.1) is 24.8 Å². The van der Waals surface area contributed by atoms with Gasteiger partial charge in [-0.2, -0.15) is 0 Å². The van der Waals surface area contributed by atoms with Crippen LogP contribution in [0.3, 0.4) is 0 Å². The smallest absolute Gasteiger partial charge is 0.222 e. The molecule has 0 aromatic carbocycles. The van der Waals surface area contributed by atoms with Crippen LogP contribution in [0.15, 0.2) is 18.7 Å². The molecule has 0 radical (unpaired) electrons. The fourth-order valence-electron chi connectivity index (χ4n) is 2.16. The van der Waals surface area contributed by atoms with E-state index in [1.54, 1.807) is 12.5 Å². The minimum Gasteiger partial charge on any atom is -0.353 e. The van der Waals surface area contributed by atoms with E-state index in [0.29, 0.717) is 24.9 Å². The van der Waals surface area contributed by atoms with E-state index in [4.69, 9.17) is 0 Å². The molecule has 1 aliphatic heterocycles. The molecule has 1 aromatic rings. The highest BCUT2D eigenvalue weighted by molar-refractivity contribution is 5.85. The Hall–Kier alpha value is -0.780. The molecule has 0 bridgehead atoms. The molecule has 1 fully saturated rings. The summed E-state index contributed by atoms with van der Waals surface area (Å²) in [6.07, 6.45) is 6.89. The number of nitrogens with zero attached hydrogens (tertiary/aromatic N) is 2. The lowest BCUT2D eigenvalue weighted by atomic mass is 9.95. The molecule has 1 amide bonds. The fraction of sp³-hybridized carbons (Fsp3) is 0.667. The Morgan fingerprint density at radius 1 is 1.53 bits per heavy atom. The molecule has 0 spiro atoms. The fourth-order valence-corrected chi connectivity index (χ4v) is 2.16. The van der Waals surface area contributed by atoms with Crippen LogP contribution in [-0.2, 0) is 11.3 Å². The standard InChI is InChI=1S/C12H20N4O.2ClH/c1-10-8-13-4-2-11(10)15-12(17)3-6-16-7-5-14-9-16;;/h5,7,9-11,13H,2-4,6,8H2,1H3,(H,15,17);2*1H. The average Bonchev–Trinajstić information content (AvgIpc) is 2.82. The van der Waals surface area contributed by atoms with Crippen molar-refractivity contribution >= 4 is 30.7 Å². The Balaban J connectivity index is 0.00000162. The van der Waals surface area contributed by atoms with Crippen LogP contribution in [-0.4, -0.2) is 34.6 Å². The van der Waals surface area contributed by atoms with Gasteiger partial charge in [0.25, 0.3) is 0 Å². The van der Waals surface area contributed by atoms with E-state index in [9.17, 15) is 4.79 Å². The lowest BCUT2D eigenvalue weighted by Crippen LogP contribution is -2.48. The van der Waals surface area contributed by atoms with Gasteiger partial charge in [-0.1, -0.05) is 6.92 Å². The number of hydrogen-bond acceptors (Lipinski definition) is 3. The van der Waals surface area contributed by atoms with E-state index in [-0.39, 0.29) is 30.7 Å². The monoisotopic (exact) mass is 308 g/mol. The summed E-state index contributed by atoms with van der Waals surface area (Å²) in [6.45, 7) is 4.86. The number of imidazole rings is 1. The molecule has 0 aliphatic carbocycles. The molecule has 2 atom stereocenters. The van der Waals surface area contributed by atoms with Crippen LogP contribution in [0.1, 0.15) is 19.8 Å². The highest BCUT2D eigenvalue weighted by Crippen LogP contribution is 2.10. The predicted octanol–water partition coefficient (Wildman–Crippen LogP) is 1.23. The first-order valence-electron chi connectivity index (χ1n) is 6.21. The van der Waals surface area contributed by atoms with Crippen molar-refractivity contribution in [3.05, 3.63) is 18.7 Å². The number of carbonyl (C=O) groups is 1. The van der Waals surface area contributed by atoms with E-state index in [1.807, 2.05) is 10.8 Å². The second kappa shape index (κ2) is 9.18. The highest BCUT2D eigenvalue weighted by Gasteiger charge is 2.22. The van der Waals surface area contributed by atoms with Crippen LogP contribution >= 0.6 is 24.8 Å². The van der Waals surface area contributed by atoms with Gasteiger partial charge in [0, 0.05) is 31.4 Å². The van der Waals surface area contributed by atoms with Crippen LogP contribution in [0.2, 0.25) is 0 Å². The first-order valence-corrected chi connectivity index (χ1v) is 6.21. The number of nitrogens with one attached hydrogen (secondary N) is 2. The molecule has 1 aliphatic rings. The van der Waals surface area contributed by atoms with E-state index >= 15 is 0 Å². The summed E-state index contributed by atoms with van der Waals surface area (Å²) >= 11 is 0. The summed E-state index contributed by atoms with van der Waals surface area (Å²) in [5.74, 6) is 0.651. The number of carbonyl (C=O) groups excluding carboxylic acids is 1. The quantitative estimate of drug-likeness (QED) is 0.879. The van der Waals surface area contributed by atoms with Crippen molar-refractivity contribution in [3.8, 4) is 0 Å². The molecule has 110 valence electrons. The van der Waals surface area contributed by atoms with Crippen LogP contribution in [0.4, 0.5) is 0 Å². The zero-order valence-electron chi connectivity index (χ0n) is 11.0. The zero-order valence-corrected chi connectivity index (χ0v) is 12.7. The van der Waals surface area contributed by atoms with Gasteiger partial charge in [-0.3, -0.25) is 4.79 Å².